The number of carbonyl (C=O) groups excluding carboxylic acids is 2. The molecule has 2 amide bonds. The quantitative estimate of drug-likeness (QED) is 0.277. The van der Waals surface area contributed by atoms with E-state index in [4.69, 9.17) is 33.3 Å². The predicted octanol–water partition coefficient (Wildman–Crippen LogP) is 4.62. The van der Waals surface area contributed by atoms with Gasteiger partial charge in [0.25, 0.3) is 11.8 Å². The maximum Gasteiger partial charge on any atom is 0.270 e. The largest absolute Gasteiger partial charge is 0.493 e. The molecule has 6 nitrogen and oxygen atoms in total. The van der Waals surface area contributed by atoms with Gasteiger partial charge in [0.1, 0.15) is 5.57 Å². The number of allylic oxidation sites excluding steroid dienone is 1. The number of nitrogens with zero attached hydrogens (tertiary/aromatic N) is 1. The average Bonchev–Trinajstić information content (AvgIpc) is 2.74. The number of hydrogen-bond acceptors (Lipinski definition) is 5. The molecule has 0 unspecified atom stereocenters. The molecule has 0 bridgehead atoms. The molecule has 1 saturated heterocycles. The van der Waals surface area contributed by atoms with Crippen molar-refractivity contribution in [3.8, 4) is 11.5 Å². The van der Waals surface area contributed by atoms with E-state index in [0.29, 0.717) is 40.8 Å². The van der Waals surface area contributed by atoms with Crippen LogP contribution in [0.1, 0.15) is 23.6 Å². The smallest absolute Gasteiger partial charge is 0.270 e. The molecule has 2 aromatic rings. The third-order valence-corrected chi connectivity index (χ3v) is 5.54. The molecule has 0 aliphatic carbocycles. The molecule has 0 atom stereocenters. The van der Waals surface area contributed by atoms with E-state index in [1.807, 2.05) is 19.9 Å². The molecule has 1 N–H and O–H groups in total. The Balaban J connectivity index is 2.09. The van der Waals surface area contributed by atoms with Crippen molar-refractivity contribution in [1.29, 1.82) is 0 Å². The van der Waals surface area contributed by atoms with E-state index in [1.165, 1.54) is 11.0 Å². The molecule has 166 valence electrons. The molecule has 2 aromatic carbocycles. The van der Waals surface area contributed by atoms with E-state index < -0.39 is 11.8 Å². The Morgan fingerprint density at radius 1 is 1.25 bits per heavy atom. The zero-order chi connectivity index (χ0) is 23.4. The van der Waals surface area contributed by atoms with Crippen molar-refractivity contribution < 1.29 is 19.1 Å². The van der Waals surface area contributed by atoms with Gasteiger partial charge >= 0.3 is 0 Å². The summed E-state index contributed by atoms with van der Waals surface area (Å²) >= 11 is 11.5. The predicted molar refractivity (Wildman–Crippen MR) is 130 cm³/mol. The van der Waals surface area contributed by atoms with Gasteiger partial charge in [0.05, 0.1) is 19.4 Å². The second kappa shape index (κ2) is 9.97. The lowest BCUT2D eigenvalue weighted by atomic mass is 10.0. The number of carbonyl (C=O) groups is 2. The fraction of sp³-hybridized carbons (Fsp3) is 0.208. The van der Waals surface area contributed by atoms with Gasteiger partial charge in [-0.15, -0.1) is 6.58 Å². The van der Waals surface area contributed by atoms with Gasteiger partial charge in [0.2, 0.25) is 0 Å². The molecule has 32 heavy (non-hydrogen) atoms. The Hall–Kier alpha value is -3.16. The number of nitrogens with one attached hydrogen (secondary N) is 1. The van der Waals surface area contributed by atoms with Crippen molar-refractivity contribution in [3.63, 3.8) is 0 Å². The average molecular weight is 471 g/mol. The maximum atomic E-state index is 13.3. The molecule has 3 rings (SSSR count). The number of rotatable bonds is 7. The molecule has 8 heteroatoms. The fourth-order valence-corrected chi connectivity index (χ4v) is 3.80. The summed E-state index contributed by atoms with van der Waals surface area (Å²) in [5.74, 6) is -0.0146. The first-order valence-corrected chi connectivity index (χ1v) is 10.7. The molecular weight excluding hydrogens is 448 g/mol. The molecule has 1 fully saturated rings. The first kappa shape index (κ1) is 23.5. The van der Waals surface area contributed by atoms with Crippen molar-refractivity contribution in [1.82, 2.24) is 5.32 Å². The zero-order valence-corrected chi connectivity index (χ0v) is 19.6. The summed E-state index contributed by atoms with van der Waals surface area (Å²) in [7, 11) is 1.56. The van der Waals surface area contributed by atoms with E-state index in [1.54, 1.807) is 37.5 Å². The van der Waals surface area contributed by atoms with Gasteiger partial charge in [-0.05, 0) is 74.0 Å². The number of ether oxygens (including phenoxy) is 2. The third kappa shape index (κ3) is 4.69. The fourth-order valence-electron chi connectivity index (χ4n) is 3.35. The molecule has 1 aliphatic heterocycles. The molecule has 0 aromatic heterocycles. The van der Waals surface area contributed by atoms with Crippen LogP contribution in [0.4, 0.5) is 5.69 Å². The van der Waals surface area contributed by atoms with E-state index >= 15 is 0 Å². The Morgan fingerprint density at radius 3 is 2.62 bits per heavy atom. The standard InChI is InChI=1S/C24H23ClN2O4S/c1-5-7-16-10-15(12-20(31-6-2)21(16)30-4)11-18-22(28)26-24(32)27(23(18)29)17-9-8-14(3)19(25)13-17/h5,8-13H,1,6-7H2,2-4H3,(H,26,28,32)/b18-11+. The topological polar surface area (TPSA) is 67.9 Å². The molecular formula is C24H23ClN2O4S. The van der Waals surface area contributed by atoms with Crippen LogP contribution in [0.5, 0.6) is 11.5 Å². The van der Waals surface area contributed by atoms with Gasteiger partial charge in [-0.1, -0.05) is 23.7 Å². The number of benzene rings is 2. The van der Waals surface area contributed by atoms with Crippen molar-refractivity contribution in [2.75, 3.05) is 18.6 Å². The summed E-state index contributed by atoms with van der Waals surface area (Å²) in [6.07, 6.45) is 3.78. The first-order chi connectivity index (χ1) is 15.3. The minimum Gasteiger partial charge on any atom is -0.493 e. The van der Waals surface area contributed by atoms with Crippen LogP contribution in [-0.4, -0.2) is 30.6 Å². The van der Waals surface area contributed by atoms with Crippen molar-refractivity contribution in [2.24, 2.45) is 0 Å². The third-order valence-electron chi connectivity index (χ3n) is 4.85. The van der Waals surface area contributed by atoms with Crippen LogP contribution in [0.3, 0.4) is 0 Å². The zero-order valence-electron chi connectivity index (χ0n) is 18.0. The lowest BCUT2D eigenvalue weighted by Gasteiger charge is -2.29. The second-order valence-electron chi connectivity index (χ2n) is 7.03. The highest BCUT2D eigenvalue weighted by Gasteiger charge is 2.34. The Morgan fingerprint density at radius 2 is 2.00 bits per heavy atom. The number of thiocarbonyl (C=S) groups is 1. The van der Waals surface area contributed by atoms with Gasteiger partial charge in [0, 0.05) is 10.6 Å². The summed E-state index contributed by atoms with van der Waals surface area (Å²) in [4.78, 5) is 27.2. The normalized spacial score (nSPS) is 15.1. The van der Waals surface area contributed by atoms with Crippen LogP contribution >= 0.6 is 23.8 Å². The van der Waals surface area contributed by atoms with Crippen molar-refractivity contribution in [3.05, 3.63) is 70.3 Å². The summed E-state index contributed by atoms with van der Waals surface area (Å²) in [5, 5.41) is 3.07. The lowest BCUT2D eigenvalue weighted by molar-refractivity contribution is -0.122. The Bertz CT molecular complexity index is 1140. The van der Waals surface area contributed by atoms with Crippen molar-refractivity contribution in [2.45, 2.75) is 20.3 Å². The van der Waals surface area contributed by atoms with Gasteiger partial charge < -0.3 is 9.47 Å². The van der Waals surface area contributed by atoms with Gasteiger partial charge in [-0.25, -0.2) is 0 Å². The monoisotopic (exact) mass is 470 g/mol. The summed E-state index contributed by atoms with van der Waals surface area (Å²) in [5.41, 5.74) is 2.70. The highest BCUT2D eigenvalue weighted by molar-refractivity contribution is 7.80. The van der Waals surface area contributed by atoms with E-state index in [9.17, 15) is 9.59 Å². The summed E-state index contributed by atoms with van der Waals surface area (Å²) < 4.78 is 11.2. The first-order valence-electron chi connectivity index (χ1n) is 9.92. The highest BCUT2D eigenvalue weighted by Crippen LogP contribution is 2.35. The van der Waals surface area contributed by atoms with Crippen LogP contribution in [-0.2, 0) is 16.0 Å². The summed E-state index contributed by atoms with van der Waals surface area (Å²) in [6, 6.07) is 8.70. The van der Waals surface area contributed by atoms with Crippen molar-refractivity contribution >= 4 is 52.5 Å². The highest BCUT2D eigenvalue weighted by atomic mass is 35.5. The molecule has 1 heterocycles. The number of methoxy groups -OCH3 is 1. The van der Waals surface area contributed by atoms with Crippen LogP contribution in [0.2, 0.25) is 5.02 Å². The van der Waals surface area contributed by atoms with Crippen LogP contribution in [0.15, 0.2) is 48.6 Å². The van der Waals surface area contributed by atoms with E-state index in [-0.39, 0.29) is 10.7 Å². The summed E-state index contributed by atoms with van der Waals surface area (Å²) in [6.45, 7) is 7.93. The SMILES string of the molecule is C=CCc1cc(/C=C2\C(=O)NC(=S)N(c3ccc(C)c(Cl)c3)C2=O)cc(OCC)c1OC. The minimum absolute atomic E-state index is 0.00541. The van der Waals surface area contributed by atoms with Gasteiger partial charge in [0.15, 0.2) is 16.6 Å². The Kier molecular flexibility index (Phi) is 7.33. The van der Waals surface area contributed by atoms with Crippen LogP contribution in [0, 0.1) is 6.92 Å². The van der Waals surface area contributed by atoms with Crippen LogP contribution < -0.4 is 19.7 Å². The van der Waals surface area contributed by atoms with Crippen LogP contribution in [0.25, 0.3) is 6.08 Å². The lowest BCUT2D eigenvalue weighted by Crippen LogP contribution is -2.54. The number of aryl methyl sites for hydroxylation is 1. The molecule has 1 aliphatic rings. The van der Waals surface area contributed by atoms with Gasteiger partial charge in [-0.2, -0.15) is 0 Å². The second-order valence-corrected chi connectivity index (χ2v) is 7.82. The molecule has 0 saturated carbocycles. The van der Waals surface area contributed by atoms with Gasteiger partial charge in [-0.3, -0.25) is 19.8 Å². The number of hydrogen-bond donors (Lipinski definition) is 1. The minimum atomic E-state index is -0.575. The number of anilines is 1. The molecule has 0 spiro atoms. The Labute approximate surface area is 197 Å². The number of halogens is 1. The maximum absolute atomic E-state index is 13.3. The molecule has 0 radical (unpaired) electrons. The van der Waals surface area contributed by atoms with E-state index in [2.05, 4.69) is 11.9 Å². The van der Waals surface area contributed by atoms with E-state index in [0.717, 1.165) is 11.1 Å². The number of amides is 2.